The van der Waals surface area contributed by atoms with Gasteiger partial charge in [-0.05, 0) is 55.2 Å². The minimum Gasteiger partial charge on any atom is -0.371 e. The summed E-state index contributed by atoms with van der Waals surface area (Å²) in [6.07, 6.45) is 4.18. The SMILES string of the molecule is Cc1cccc(C(=O)NCC2CCN(c3ccccc3)C2)c1NC(=O)c1ccncc1. The lowest BCUT2D eigenvalue weighted by atomic mass is 10.1. The van der Waals surface area contributed by atoms with Crippen LogP contribution in [0.3, 0.4) is 0 Å². The maximum absolute atomic E-state index is 13.0. The molecule has 6 heteroatoms. The molecule has 3 aromatic rings. The lowest BCUT2D eigenvalue weighted by Gasteiger charge is -2.19. The van der Waals surface area contributed by atoms with Crippen molar-refractivity contribution in [2.45, 2.75) is 13.3 Å². The van der Waals surface area contributed by atoms with E-state index in [1.54, 1.807) is 30.6 Å². The topological polar surface area (TPSA) is 74.3 Å². The van der Waals surface area contributed by atoms with Crippen LogP contribution < -0.4 is 15.5 Å². The van der Waals surface area contributed by atoms with Gasteiger partial charge in [0.2, 0.25) is 0 Å². The Bertz CT molecular complexity index is 1050. The standard InChI is InChI=1S/C25H26N4O2/c1-18-6-5-9-22(23(18)28-24(30)20-10-13-26-14-11-20)25(31)27-16-19-12-15-29(17-19)21-7-3-2-4-8-21/h2-11,13-14,19H,12,15-17H2,1H3,(H,27,31)(H,28,30). The molecule has 31 heavy (non-hydrogen) atoms. The Balaban J connectivity index is 1.40. The molecule has 2 N–H and O–H groups in total. The molecule has 1 aliphatic rings. The average molecular weight is 415 g/mol. The van der Waals surface area contributed by atoms with Crippen molar-refractivity contribution in [1.82, 2.24) is 10.3 Å². The molecule has 1 saturated heterocycles. The van der Waals surface area contributed by atoms with Gasteiger partial charge in [-0.2, -0.15) is 0 Å². The summed E-state index contributed by atoms with van der Waals surface area (Å²) in [7, 11) is 0. The van der Waals surface area contributed by atoms with E-state index in [1.807, 2.05) is 37.3 Å². The van der Waals surface area contributed by atoms with Gasteiger partial charge in [0, 0.05) is 43.3 Å². The van der Waals surface area contributed by atoms with Crippen molar-refractivity contribution in [3.05, 3.63) is 89.7 Å². The quantitative estimate of drug-likeness (QED) is 0.642. The summed E-state index contributed by atoms with van der Waals surface area (Å²) in [5.41, 5.74) is 3.57. The number of benzene rings is 2. The Labute approximate surface area is 182 Å². The number of para-hydroxylation sites is 2. The van der Waals surface area contributed by atoms with Gasteiger partial charge in [0.25, 0.3) is 11.8 Å². The normalized spacial score (nSPS) is 15.5. The van der Waals surface area contributed by atoms with Crippen LogP contribution in [0, 0.1) is 12.8 Å². The summed E-state index contributed by atoms with van der Waals surface area (Å²) >= 11 is 0. The molecule has 0 radical (unpaired) electrons. The first kappa shape index (κ1) is 20.6. The highest BCUT2D eigenvalue weighted by molar-refractivity contribution is 6.09. The molecule has 1 atom stereocenters. The van der Waals surface area contributed by atoms with Gasteiger partial charge in [0.05, 0.1) is 11.3 Å². The minimum atomic E-state index is -0.264. The third kappa shape index (κ3) is 4.91. The number of nitrogens with zero attached hydrogens (tertiary/aromatic N) is 2. The highest BCUT2D eigenvalue weighted by Gasteiger charge is 2.24. The number of nitrogens with one attached hydrogen (secondary N) is 2. The largest absolute Gasteiger partial charge is 0.371 e. The fraction of sp³-hybridized carbons (Fsp3) is 0.240. The molecule has 0 aliphatic carbocycles. The number of aromatic nitrogens is 1. The summed E-state index contributed by atoms with van der Waals surface area (Å²) in [6, 6.07) is 19.1. The van der Waals surface area contributed by atoms with Crippen LogP contribution in [0.15, 0.2) is 73.1 Å². The average Bonchev–Trinajstić information content (AvgIpc) is 3.29. The van der Waals surface area contributed by atoms with Gasteiger partial charge in [-0.15, -0.1) is 0 Å². The molecule has 2 heterocycles. The Morgan fingerprint density at radius 1 is 1.00 bits per heavy atom. The molecular weight excluding hydrogens is 388 g/mol. The van der Waals surface area contributed by atoms with Crippen molar-refractivity contribution in [1.29, 1.82) is 0 Å². The summed E-state index contributed by atoms with van der Waals surface area (Å²) in [5, 5.41) is 5.96. The number of pyridine rings is 1. The van der Waals surface area contributed by atoms with E-state index in [-0.39, 0.29) is 11.8 Å². The third-order valence-corrected chi connectivity index (χ3v) is 5.66. The maximum atomic E-state index is 13.0. The van der Waals surface area contributed by atoms with E-state index < -0.39 is 0 Å². The fourth-order valence-electron chi connectivity index (χ4n) is 3.92. The van der Waals surface area contributed by atoms with Crippen molar-refractivity contribution in [3.63, 3.8) is 0 Å². The molecule has 2 aromatic carbocycles. The van der Waals surface area contributed by atoms with Gasteiger partial charge < -0.3 is 15.5 Å². The van der Waals surface area contributed by atoms with Crippen LogP contribution in [0.4, 0.5) is 11.4 Å². The molecule has 1 fully saturated rings. The van der Waals surface area contributed by atoms with Crippen molar-refractivity contribution in [2.24, 2.45) is 5.92 Å². The Hall–Kier alpha value is -3.67. The number of amides is 2. The lowest BCUT2D eigenvalue weighted by molar-refractivity contribution is 0.0949. The Kier molecular flexibility index (Phi) is 6.26. The number of carbonyl (C=O) groups excluding carboxylic acids is 2. The van der Waals surface area contributed by atoms with E-state index in [0.717, 1.165) is 25.1 Å². The van der Waals surface area contributed by atoms with Gasteiger partial charge in [-0.3, -0.25) is 14.6 Å². The van der Waals surface area contributed by atoms with Gasteiger partial charge >= 0.3 is 0 Å². The second-order valence-corrected chi connectivity index (χ2v) is 7.83. The molecule has 6 nitrogen and oxygen atoms in total. The first-order valence-corrected chi connectivity index (χ1v) is 10.5. The monoisotopic (exact) mass is 414 g/mol. The second-order valence-electron chi connectivity index (χ2n) is 7.83. The van der Waals surface area contributed by atoms with Crippen LogP contribution in [-0.2, 0) is 0 Å². The molecule has 0 spiro atoms. The first-order valence-electron chi connectivity index (χ1n) is 10.5. The molecule has 158 valence electrons. The van der Waals surface area contributed by atoms with Crippen LogP contribution in [-0.4, -0.2) is 36.4 Å². The molecule has 2 amide bonds. The third-order valence-electron chi connectivity index (χ3n) is 5.66. The molecule has 0 bridgehead atoms. The van der Waals surface area contributed by atoms with E-state index in [0.29, 0.717) is 29.3 Å². The minimum absolute atomic E-state index is 0.174. The zero-order chi connectivity index (χ0) is 21.6. The summed E-state index contributed by atoms with van der Waals surface area (Å²) in [5.74, 6) is -0.0456. The van der Waals surface area contributed by atoms with E-state index in [2.05, 4.69) is 32.7 Å². The van der Waals surface area contributed by atoms with Gasteiger partial charge in [0.1, 0.15) is 0 Å². The fourth-order valence-corrected chi connectivity index (χ4v) is 3.92. The van der Waals surface area contributed by atoms with E-state index in [1.165, 1.54) is 5.69 Å². The number of hydrogen-bond acceptors (Lipinski definition) is 4. The van der Waals surface area contributed by atoms with Gasteiger partial charge in [-0.25, -0.2) is 0 Å². The molecule has 1 aromatic heterocycles. The van der Waals surface area contributed by atoms with Crippen molar-refractivity contribution in [3.8, 4) is 0 Å². The molecule has 4 rings (SSSR count). The van der Waals surface area contributed by atoms with Crippen molar-refractivity contribution < 1.29 is 9.59 Å². The molecular formula is C25H26N4O2. The van der Waals surface area contributed by atoms with Crippen LogP contribution in [0.1, 0.15) is 32.7 Å². The lowest BCUT2D eigenvalue weighted by Crippen LogP contribution is -2.31. The molecule has 0 saturated carbocycles. The zero-order valence-electron chi connectivity index (χ0n) is 17.5. The number of anilines is 2. The van der Waals surface area contributed by atoms with Gasteiger partial charge in [0.15, 0.2) is 0 Å². The van der Waals surface area contributed by atoms with Crippen LogP contribution in [0.5, 0.6) is 0 Å². The molecule has 1 aliphatic heterocycles. The predicted octanol–water partition coefficient (Wildman–Crippen LogP) is 3.90. The second kappa shape index (κ2) is 9.43. The van der Waals surface area contributed by atoms with E-state index in [4.69, 9.17) is 0 Å². The van der Waals surface area contributed by atoms with Crippen molar-refractivity contribution in [2.75, 3.05) is 29.9 Å². The van der Waals surface area contributed by atoms with Crippen molar-refractivity contribution >= 4 is 23.2 Å². The van der Waals surface area contributed by atoms with Crippen LogP contribution in [0.25, 0.3) is 0 Å². The molecule has 1 unspecified atom stereocenters. The highest BCUT2D eigenvalue weighted by atomic mass is 16.2. The zero-order valence-corrected chi connectivity index (χ0v) is 17.5. The number of carbonyl (C=O) groups is 2. The number of rotatable bonds is 6. The highest BCUT2D eigenvalue weighted by Crippen LogP contribution is 2.24. The number of aryl methyl sites for hydroxylation is 1. The summed E-state index contributed by atoms with van der Waals surface area (Å²) in [6.45, 7) is 4.40. The first-order chi connectivity index (χ1) is 15.1. The summed E-state index contributed by atoms with van der Waals surface area (Å²) < 4.78 is 0. The Morgan fingerprint density at radius 2 is 1.77 bits per heavy atom. The predicted molar refractivity (Wildman–Crippen MR) is 122 cm³/mol. The van der Waals surface area contributed by atoms with Crippen LogP contribution in [0.2, 0.25) is 0 Å². The van der Waals surface area contributed by atoms with Gasteiger partial charge in [-0.1, -0.05) is 30.3 Å². The summed E-state index contributed by atoms with van der Waals surface area (Å²) in [4.78, 5) is 31.8. The Morgan fingerprint density at radius 3 is 2.55 bits per heavy atom. The number of hydrogen-bond donors (Lipinski definition) is 2. The van der Waals surface area contributed by atoms with E-state index >= 15 is 0 Å². The van der Waals surface area contributed by atoms with E-state index in [9.17, 15) is 9.59 Å². The smallest absolute Gasteiger partial charge is 0.255 e. The van der Waals surface area contributed by atoms with Crippen LogP contribution >= 0.6 is 0 Å². The maximum Gasteiger partial charge on any atom is 0.255 e.